The van der Waals surface area contributed by atoms with Crippen molar-refractivity contribution in [3.05, 3.63) is 36.8 Å². The second-order valence-corrected chi connectivity index (χ2v) is 3.14. The van der Waals surface area contributed by atoms with Crippen molar-refractivity contribution < 1.29 is 0 Å². The first-order valence-electron chi connectivity index (χ1n) is 4.32. The smallest absolute Gasteiger partial charge is 0.116 e. The number of para-hydroxylation sites is 1. The fourth-order valence-electron chi connectivity index (χ4n) is 1.72. The average Bonchev–Trinajstić information content (AvgIpc) is 2.55. The highest BCUT2D eigenvalue weighted by molar-refractivity contribution is 6.05. The van der Waals surface area contributed by atoms with Crippen LogP contribution in [0.5, 0.6) is 0 Å². The molecule has 0 radical (unpaired) electrons. The monoisotopic (exact) mass is 184 g/mol. The zero-order valence-electron chi connectivity index (χ0n) is 7.38. The minimum Gasteiger partial charge on any atom is -0.338 e. The van der Waals surface area contributed by atoms with Crippen LogP contribution in [-0.4, -0.2) is 14.6 Å². The van der Waals surface area contributed by atoms with Gasteiger partial charge in [0.2, 0.25) is 0 Å². The van der Waals surface area contributed by atoms with Gasteiger partial charge in [0.15, 0.2) is 0 Å². The Labute approximate surface area is 80.0 Å². The molecule has 0 aliphatic rings. The molecule has 2 aromatic heterocycles. The minimum atomic E-state index is 0.855. The maximum Gasteiger partial charge on any atom is 0.116 e. The Bertz CT molecular complexity index is 558. The van der Waals surface area contributed by atoms with Crippen molar-refractivity contribution in [3.63, 3.8) is 0 Å². The van der Waals surface area contributed by atoms with Gasteiger partial charge in [0.25, 0.3) is 0 Å². The largest absolute Gasteiger partial charge is 0.338 e. The number of benzene rings is 1. The molecule has 1 aromatic carbocycles. The Hall–Kier alpha value is -2.10. The van der Waals surface area contributed by atoms with Crippen LogP contribution in [0.3, 0.4) is 0 Å². The number of nitrogen functional groups attached to an aromatic ring is 1. The topological polar surface area (TPSA) is 56.7 Å². The summed E-state index contributed by atoms with van der Waals surface area (Å²) in [6.45, 7) is 0. The molecular weight excluding hydrogens is 176 g/mol. The predicted octanol–water partition coefficient (Wildman–Crippen LogP) is 1.30. The lowest BCUT2D eigenvalue weighted by atomic mass is 10.2. The van der Waals surface area contributed by atoms with E-state index in [1.807, 2.05) is 24.3 Å². The summed E-state index contributed by atoms with van der Waals surface area (Å²) in [5.74, 6) is 5.91. The lowest BCUT2D eigenvalue weighted by Gasteiger charge is -1.95. The van der Waals surface area contributed by atoms with Crippen LogP contribution in [0.1, 0.15) is 0 Å². The molecule has 0 aliphatic carbocycles. The van der Waals surface area contributed by atoms with E-state index in [4.69, 9.17) is 5.84 Å². The Morgan fingerprint density at radius 3 is 2.93 bits per heavy atom. The summed E-state index contributed by atoms with van der Waals surface area (Å²) >= 11 is 0. The Morgan fingerprint density at radius 2 is 2.00 bits per heavy atom. The lowest BCUT2D eigenvalue weighted by molar-refractivity contribution is 1.10. The molecule has 0 bridgehead atoms. The van der Waals surface area contributed by atoms with Crippen LogP contribution in [0.25, 0.3) is 21.9 Å². The van der Waals surface area contributed by atoms with Crippen LogP contribution in [0.2, 0.25) is 0 Å². The van der Waals surface area contributed by atoms with Crippen LogP contribution in [0.15, 0.2) is 36.8 Å². The van der Waals surface area contributed by atoms with Crippen LogP contribution < -0.4 is 5.84 Å². The first-order chi connectivity index (χ1) is 6.88. The fourth-order valence-corrected chi connectivity index (χ4v) is 1.72. The van der Waals surface area contributed by atoms with Crippen molar-refractivity contribution >= 4 is 21.9 Å². The van der Waals surface area contributed by atoms with Gasteiger partial charge in [0.1, 0.15) is 17.4 Å². The molecule has 4 heteroatoms. The molecule has 0 atom stereocenters. The van der Waals surface area contributed by atoms with Crippen LogP contribution in [-0.2, 0) is 0 Å². The van der Waals surface area contributed by atoms with Gasteiger partial charge in [0, 0.05) is 5.39 Å². The summed E-state index contributed by atoms with van der Waals surface area (Å²) in [6.07, 6.45) is 3.26. The molecular formula is C10H8N4. The molecule has 0 spiro atoms. The summed E-state index contributed by atoms with van der Waals surface area (Å²) < 4.78 is 1.62. The maximum absolute atomic E-state index is 5.91. The maximum atomic E-state index is 5.91. The summed E-state index contributed by atoms with van der Waals surface area (Å²) in [5, 5.41) is 1.06. The third-order valence-electron chi connectivity index (χ3n) is 2.37. The van der Waals surface area contributed by atoms with Crippen LogP contribution in [0.4, 0.5) is 0 Å². The first-order valence-corrected chi connectivity index (χ1v) is 4.32. The first kappa shape index (κ1) is 7.32. The second kappa shape index (κ2) is 2.45. The Kier molecular flexibility index (Phi) is 1.28. The minimum absolute atomic E-state index is 0.855. The normalized spacial score (nSPS) is 11.1. The van der Waals surface area contributed by atoms with Gasteiger partial charge in [-0.2, -0.15) is 0 Å². The molecule has 3 aromatic rings. The van der Waals surface area contributed by atoms with Gasteiger partial charge in [-0.05, 0) is 6.07 Å². The summed E-state index contributed by atoms with van der Waals surface area (Å²) in [7, 11) is 0. The van der Waals surface area contributed by atoms with Gasteiger partial charge < -0.3 is 5.84 Å². The molecule has 68 valence electrons. The van der Waals surface area contributed by atoms with E-state index in [9.17, 15) is 0 Å². The molecule has 0 amide bonds. The fraction of sp³-hybridized carbons (Fsp3) is 0. The quantitative estimate of drug-likeness (QED) is 0.536. The Morgan fingerprint density at radius 1 is 1.14 bits per heavy atom. The van der Waals surface area contributed by atoms with Gasteiger partial charge in [-0.15, -0.1) is 0 Å². The van der Waals surface area contributed by atoms with Gasteiger partial charge in [-0.1, -0.05) is 18.2 Å². The molecule has 2 heterocycles. The molecule has 0 aliphatic heterocycles. The summed E-state index contributed by atoms with van der Waals surface area (Å²) in [6, 6.07) is 7.91. The molecule has 2 N–H and O–H groups in total. The van der Waals surface area contributed by atoms with Gasteiger partial charge >= 0.3 is 0 Å². The van der Waals surface area contributed by atoms with E-state index < -0.39 is 0 Å². The van der Waals surface area contributed by atoms with Crippen LogP contribution in [0, 0.1) is 0 Å². The van der Waals surface area contributed by atoms with E-state index >= 15 is 0 Å². The van der Waals surface area contributed by atoms with E-state index in [1.54, 1.807) is 10.9 Å². The van der Waals surface area contributed by atoms with E-state index in [2.05, 4.69) is 9.97 Å². The van der Waals surface area contributed by atoms with Crippen molar-refractivity contribution in [1.82, 2.24) is 14.6 Å². The highest BCUT2D eigenvalue weighted by atomic mass is 15.3. The highest BCUT2D eigenvalue weighted by Crippen LogP contribution is 2.23. The zero-order chi connectivity index (χ0) is 9.54. The number of hydrogen-bond donors (Lipinski definition) is 1. The van der Waals surface area contributed by atoms with E-state index in [-0.39, 0.29) is 0 Å². The predicted molar refractivity (Wildman–Crippen MR) is 55.2 cm³/mol. The Balaban J connectivity index is 2.69. The second-order valence-electron chi connectivity index (χ2n) is 3.14. The summed E-state index contributed by atoms with van der Waals surface area (Å²) in [5.41, 5.74) is 2.73. The molecule has 0 unspecified atom stereocenters. The van der Waals surface area contributed by atoms with Gasteiger partial charge in [-0.25, -0.2) is 9.97 Å². The van der Waals surface area contributed by atoms with E-state index in [0.717, 1.165) is 21.9 Å². The van der Waals surface area contributed by atoms with E-state index in [0.29, 0.717) is 0 Å². The van der Waals surface area contributed by atoms with Crippen molar-refractivity contribution in [2.24, 2.45) is 0 Å². The third kappa shape index (κ3) is 0.771. The zero-order valence-corrected chi connectivity index (χ0v) is 7.38. The van der Waals surface area contributed by atoms with E-state index in [1.165, 1.54) is 6.33 Å². The molecule has 4 nitrogen and oxygen atoms in total. The number of rotatable bonds is 0. The molecule has 0 fully saturated rings. The standard InChI is InChI=1S/C10H8N4/c11-14-8-4-2-1-3-7(8)10-9(14)5-12-6-13-10/h1-6H,11H2. The number of hydrogen-bond acceptors (Lipinski definition) is 3. The lowest BCUT2D eigenvalue weighted by Crippen LogP contribution is -2.06. The molecule has 14 heavy (non-hydrogen) atoms. The van der Waals surface area contributed by atoms with Crippen molar-refractivity contribution in [1.29, 1.82) is 0 Å². The van der Waals surface area contributed by atoms with Crippen molar-refractivity contribution in [2.45, 2.75) is 0 Å². The van der Waals surface area contributed by atoms with Gasteiger partial charge in [0.05, 0.1) is 11.7 Å². The molecule has 0 saturated heterocycles. The van der Waals surface area contributed by atoms with Crippen molar-refractivity contribution in [3.8, 4) is 0 Å². The number of nitrogens with zero attached hydrogens (tertiary/aromatic N) is 3. The molecule has 0 saturated carbocycles. The summed E-state index contributed by atoms with van der Waals surface area (Å²) in [4.78, 5) is 8.18. The van der Waals surface area contributed by atoms with Crippen molar-refractivity contribution in [2.75, 3.05) is 5.84 Å². The SMILES string of the molecule is Nn1c2ccccc2c2ncncc21. The highest BCUT2D eigenvalue weighted by Gasteiger charge is 2.07. The third-order valence-corrected chi connectivity index (χ3v) is 2.37. The number of nitrogens with two attached hydrogens (primary N) is 1. The number of aromatic nitrogens is 3. The van der Waals surface area contributed by atoms with Crippen LogP contribution >= 0.6 is 0 Å². The molecule has 3 rings (SSSR count). The number of fused-ring (bicyclic) bond motifs is 3. The average molecular weight is 184 g/mol. The van der Waals surface area contributed by atoms with Gasteiger partial charge in [-0.3, -0.25) is 4.68 Å².